The van der Waals surface area contributed by atoms with Gasteiger partial charge in [-0.05, 0) is 0 Å². The van der Waals surface area contributed by atoms with Gasteiger partial charge in [0.05, 0.1) is 0 Å². The first-order chi connectivity index (χ1) is 3.79. The Bertz CT molecular complexity index is 96.2. The molecule has 0 aliphatic carbocycles. The van der Waals surface area contributed by atoms with Gasteiger partial charge < -0.3 is 10.6 Å². The van der Waals surface area contributed by atoms with E-state index < -0.39 is 0 Å². The number of thiol groups is 1. The Morgan fingerprint density at radius 3 is 2.38 bits per heavy atom. The third-order valence-corrected chi connectivity index (χ3v) is 1.36. The first kappa shape index (κ1) is 5.75. The van der Waals surface area contributed by atoms with Gasteiger partial charge in [-0.15, -0.1) is 0 Å². The first-order valence-electron chi connectivity index (χ1n) is 2.49. The van der Waals surface area contributed by atoms with E-state index in [1.165, 1.54) is 0 Å². The second-order valence-electron chi connectivity index (χ2n) is 1.74. The van der Waals surface area contributed by atoms with E-state index in [9.17, 15) is 4.79 Å². The Morgan fingerprint density at radius 1 is 1.50 bits per heavy atom. The number of urea groups is 1. The summed E-state index contributed by atoms with van der Waals surface area (Å²) < 4.78 is 0. The molecule has 2 amide bonds. The monoisotopic (exact) mass is 132 g/mol. The second-order valence-corrected chi connectivity index (χ2v) is 2.48. The molecule has 1 saturated heterocycles. The number of carbonyl (C=O) groups is 1. The van der Waals surface area contributed by atoms with E-state index in [0.29, 0.717) is 13.1 Å². The molecule has 0 bridgehead atoms. The van der Waals surface area contributed by atoms with Crippen molar-refractivity contribution in [3.05, 3.63) is 0 Å². The predicted molar refractivity (Wildman–Crippen MR) is 34.2 cm³/mol. The molecule has 8 heavy (non-hydrogen) atoms. The van der Waals surface area contributed by atoms with Crippen molar-refractivity contribution >= 4 is 18.7 Å². The zero-order valence-electron chi connectivity index (χ0n) is 4.35. The summed E-state index contributed by atoms with van der Waals surface area (Å²) in [5.41, 5.74) is 0. The van der Waals surface area contributed by atoms with Crippen LogP contribution >= 0.6 is 12.6 Å². The number of carbonyl (C=O) groups excluding carboxylic acids is 1. The van der Waals surface area contributed by atoms with Crippen LogP contribution in [0.2, 0.25) is 0 Å². The molecule has 1 fully saturated rings. The molecule has 0 aromatic heterocycles. The lowest BCUT2D eigenvalue weighted by Gasteiger charge is -2.18. The maximum atomic E-state index is 10.4. The largest absolute Gasteiger partial charge is 0.337 e. The molecule has 4 heteroatoms. The number of rotatable bonds is 0. The van der Waals surface area contributed by atoms with Crippen LogP contribution in [0.25, 0.3) is 0 Å². The van der Waals surface area contributed by atoms with Crippen LogP contribution in [0.4, 0.5) is 4.79 Å². The molecule has 3 nitrogen and oxygen atoms in total. The highest BCUT2D eigenvalue weighted by molar-refractivity contribution is 7.81. The molecule has 2 N–H and O–H groups in total. The highest BCUT2D eigenvalue weighted by Gasteiger charge is 2.11. The third-order valence-electron chi connectivity index (χ3n) is 0.996. The van der Waals surface area contributed by atoms with Gasteiger partial charge in [-0.3, -0.25) is 0 Å². The van der Waals surface area contributed by atoms with Gasteiger partial charge in [0.1, 0.15) is 0 Å². The minimum Gasteiger partial charge on any atom is -0.337 e. The minimum atomic E-state index is -0.0877. The molecule has 0 aromatic rings. The summed E-state index contributed by atoms with van der Waals surface area (Å²) in [6.07, 6.45) is 0. The summed E-state index contributed by atoms with van der Waals surface area (Å²) in [7, 11) is 0. The van der Waals surface area contributed by atoms with Gasteiger partial charge in [0.2, 0.25) is 0 Å². The van der Waals surface area contributed by atoms with E-state index in [1.807, 2.05) is 0 Å². The zero-order chi connectivity index (χ0) is 5.98. The first-order valence-corrected chi connectivity index (χ1v) is 3.00. The van der Waals surface area contributed by atoms with E-state index in [1.54, 1.807) is 0 Å². The molecule has 0 atom stereocenters. The average molecular weight is 132 g/mol. The number of nitrogens with one attached hydrogen (secondary N) is 2. The summed E-state index contributed by atoms with van der Waals surface area (Å²) in [6, 6.07) is -0.0877. The lowest BCUT2D eigenvalue weighted by Crippen LogP contribution is -2.48. The van der Waals surface area contributed by atoms with Crippen molar-refractivity contribution in [3.8, 4) is 0 Å². The standard InChI is InChI=1S/C4H8N2OS/c7-4-5-1-3(8)2-6-4/h3,8H,1-2H2,(H2,5,6,7). The molecule has 0 unspecified atom stereocenters. The normalized spacial score (nSPS) is 21.9. The summed E-state index contributed by atoms with van der Waals surface area (Å²) >= 11 is 4.12. The molecule has 1 aliphatic rings. The van der Waals surface area contributed by atoms with Crippen molar-refractivity contribution in [1.29, 1.82) is 0 Å². The fourth-order valence-electron chi connectivity index (χ4n) is 0.556. The molecule has 0 aromatic carbocycles. The third kappa shape index (κ3) is 1.30. The van der Waals surface area contributed by atoms with Gasteiger partial charge >= 0.3 is 6.03 Å². The van der Waals surface area contributed by atoms with Crippen molar-refractivity contribution in [2.24, 2.45) is 0 Å². The average Bonchev–Trinajstić information content (AvgIpc) is 1.77. The van der Waals surface area contributed by atoms with Crippen molar-refractivity contribution in [2.75, 3.05) is 13.1 Å². The molecule has 1 rings (SSSR count). The van der Waals surface area contributed by atoms with Gasteiger partial charge in [-0.25, -0.2) is 4.79 Å². The van der Waals surface area contributed by atoms with Crippen molar-refractivity contribution in [3.63, 3.8) is 0 Å². The summed E-state index contributed by atoms with van der Waals surface area (Å²) in [4.78, 5) is 10.4. The van der Waals surface area contributed by atoms with Gasteiger partial charge in [0.15, 0.2) is 0 Å². The summed E-state index contributed by atoms with van der Waals surface area (Å²) in [5, 5.41) is 5.48. The van der Waals surface area contributed by atoms with Crippen LogP contribution in [0.15, 0.2) is 0 Å². The number of amides is 2. The molecule has 46 valence electrons. The highest BCUT2D eigenvalue weighted by Crippen LogP contribution is 1.93. The van der Waals surface area contributed by atoms with Crippen LogP contribution in [-0.4, -0.2) is 24.4 Å². The lowest BCUT2D eigenvalue weighted by atomic mass is 10.4. The Morgan fingerprint density at radius 2 is 2.00 bits per heavy atom. The van der Waals surface area contributed by atoms with Crippen LogP contribution in [0.1, 0.15) is 0 Å². The Kier molecular flexibility index (Phi) is 1.62. The summed E-state index contributed by atoms with van der Waals surface area (Å²) in [6.45, 7) is 1.35. The second kappa shape index (κ2) is 2.26. The SMILES string of the molecule is O=C1NCC(S)CN1. The quantitative estimate of drug-likeness (QED) is 0.386. The lowest BCUT2D eigenvalue weighted by molar-refractivity contribution is 0.237. The zero-order valence-corrected chi connectivity index (χ0v) is 5.24. The minimum absolute atomic E-state index is 0.0877. The molecular weight excluding hydrogens is 124 g/mol. The van der Waals surface area contributed by atoms with E-state index >= 15 is 0 Å². The van der Waals surface area contributed by atoms with Crippen LogP contribution in [0, 0.1) is 0 Å². The Hall–Kier alpha value is -0.380. The fraction of sp³-hybridized carbons (Fsp3) is 0.750. The van der Waals surface area contributed by atoms with E-state index in [4.69, 9.17) is 0 Å². The highest BCUT2D eigenvalue weighted by atomic mass is 32.1. The van der Waals surface area contributed by atoms with Crippen molar-refractivity contribution < 1.29 is 4.79 Å². The Labute approximate surface area is 53.2 Å². The van der Waals surface area contributed by atoms with Crippen molar-refractivity contribution in [2.45, 2.75) is 5.25 Å². The topological polar surface area (TPSA) is 41.1 Å². The molecule has 1 aliphatic heterocycles. The summed E-state index contributed by atoms with van der Waals surface area (Å²) in [5.74, 6) is 0. The molecular formula is C4H8N2OS. The molecule has 1 heterocycles. The Balaban J connectivity index is 2.29. The van der Waals surface area contributed by atoms with Gasteiger partial charge in [-0.2, -0.15) is 12.6 Å². The van der Waals surface area contributed by atoms with Gasteiger partial charge in [0, 0.05) is 18.3 Å². The molecule has 0 radical (unpaired) electrons. The van der Waals surface area contributed by atoms with Crippen LogP contribution in [0.3, 0.4) is 0 Å². The van der Waals surface area contributed by atoms with Crippen LogP contribution < -0.4 is 10.6 Å². The smallest absolute Gasteiger partial charge is 0.314 e. The van der Waals surface area contributed by atoms with Gasteiger partial charge in [0.25, 0.3) is 0 Å². The van der Waals surface area contributed by atoms with E-state index in [0.717, 1.165) is 0 Å². The van der Waals surface area contributed by atoms with E-state index in [2.05, 4.69) is 23.3 Å². The van der Waals surface area contributed by atoms with Crippen molar-refractivity contribution in [1.82, 2.24) is 10.6 Å². The number of hydrogen-bond donors (Lipinski definition) is 3. The molecule has 0 saturated carbocycles. The number of hydrogen-bond acceptors (Lipinski definition) is 2. The predicted octanol–water partition coefficient (Wildman–Crippen LogP) is -0.402. The van der Waals surface area contributed by atoms with Crippen LogP contribution in [0.5, 0.6) is 0 Å². The maximum Gasteiger partial charge on any atom is 0.314 e. The molecule has 0 spiro atoms. The van der Waals surface area contributed by atoms with Crippen LogP contribution in [-0.2, 0) is 0 Å². The fourth-order valence-corrected chi connectivity index (χ4v) is 0.738. The van der Waals surface area contributed by atoms with E-state index in [-0.39, 0.29) is 11.3 Å². The maximum absolute atomic E-state index is 10.4. The van der Waals surface area contributed by atoms with Gasteiger partial charge in [-0.1, -0.05) is 0 Å².